The highest BCUT2D eigenvalue weighted by Gasteiger charge is 2.37. The number of nitrogens with zero attached hydrogens (tertiary/aromatic N) is 2. The highest BCUT2D eigenvalue weighted by atomic mass is 32.1. The van der Waals surface area contributed by atoms with Crippen molar-refractivity contribution >= 4 is 23.2 Å². The standard InChI is InChI=1S/C21H26N2O4S/c1-14-15(2)28-20(22-9-5-6-10-22)19(14)21(25)27-13-18(24)23-11-12-26-17-8-4-3-7-16(17)23/h5-6,9-10,16-17H,3-4,7-8,11-13H2,1-2H3/t16-,17+/m1/s1. The van der Waals surface area contributed by atoms with Crippen molar-refractivity contribution in [2.75, 3.05) is 19.8 Å². The van der Waals surface area contributed by atoms with E-state index in [1.807, 2.05) is 47.8 Å². The van der Waals surface area contributed by atoms with Crippen molar-refractivity contribution in [2.45, 2.75) is 51.7 Å². The van der Waals surface area contributed by atoms with Gasteiger partial charge in [-0.05, 0) is 44.4 Å². The number of carbonyl (C=O) groups is 2. The van der Waals surface area contributed by atoms with Crippen LogP contribution in [0.4, 0.5) is 0 Å². The number of ether oxygens (including phenoxy) is 2. The van der Waals surface area contributed by atoms with E-state index in [2.05, 4.69) is 0 Å². The molecule has 0 radical (unpaired) electrons. The lowest BCUT2D eigenvalue weighted by molar-refractivity contribution is -0.152. The van der Waals surface area contributed by atoms with Gasteiger partial charge in [-0.2, -0.15) is 0 Å². The Morgan fingerprint density at radius 1 is 1.21 bits per heavy atom. The minimum Gasteiger partial charge on any atom is -0.452 e. The Kier molecular flexibility index (Phi) is 5.55. The molecule has 0 N–H and O–H groups in total. The number of hydrogen-bond donors (Lipinski definition) is 0. The average Bonchev–Trinajstić information content (AvgIpc) is 3.34. The molecule has 1 aliphatic carbocycles. The molecule has 1 saturated heterocycles. The zero-order chi connectivity index (χ0) is 19.7. The average molecular weight is 403 g/mol. The fourth-order valence-electron chi connectivity index (χ4n) is 4.19. The molecule has 2 aliphatic rings. The van der Waals surface area contributed by atoms with Gasteiger partial charge in [0.1, 0.15) is 5.00 Å². The summed E-state index contributed by atoms with van der Waals surface area (Å²) in [6.45, 7) is 4.82. The van der Waals surface area contributed by atoms with Crippen molar-refractivity contribution < 1.29 is 19.1 Å². The van der Waals surface area contributed by atoms with E-state index in [1.54, 1.807) is 11.3 Å². The SMILES string of the molecule is Cc1sc(-n2cccc2)c(C(=O)OCC(=O)N2CCO[C@H]3CCCC[C@H]32)c1C. The predicted octanol–water partition coefficient (Wildman–Crippen LogP) is 3.48. The summed E-state index contributed by atoms with van der Waals surface area (Å²) in [4.78, 5) is 28.6. The first-order valence-electron chi connectivity index (χ1n) is 9.88. The van der Waals surface area contributed by atoms with Crippen LogP contribution in [0.1, 0.15) is 46.5 Å². The maximum Gasteiger partial charge on any atom is 0.341 e. The van der Waals surface area contributed by atoms with Crippen molar-refractivity contribution in [3.05, 3.63) is 40.5 Å². The predicted molar refractivity (Wildman–Crippen MR) is 107 cm³/mol. The zero-order valence-corrected chi connectivity index (χ0v) is 17.2. The molecule has 150 valence electrons. The molecule has 4 rings (SSSR count). The molecular weight excluding hydrogens is 376 g/mol. The summed E-state index contributed by atoms with van der Waals surface area (Å²) in [6, 6.07) is 3.96. The molecule has 2 aromatic rings. The van der Waals surface area contributed by atoms with Crippen LogP contribution < -0.4 is 0 Å². The Morgan fingerprint density at radius 3 is 2.75 bits per heavy atom. The molecule has 3 heterocycles. The first-order valence-corrected chi connectivity index (χ1v) is 10.7. The minimum atomic E-state index is -0.438. The lowest BCUT2D eigenvalue weighted by atomic mass is 9.90. The third kappa shape index (κ3) is 3.61. The van der Waals surface area contributed by atoms with Gasteiger partial charge >= 0.3 is 5.97 Å². The van der Waals surface area contributed by atoms with Gasteiger partial charge in [-0.25, -0.2) is 4.79 Å². The Hall–Kier alpha value is -2.12. The Bertz CT molecular complexity index is 856. The number of fused-ring (bicyclic) bond motifs is 1. The number of aromatic nitrogens is 1. The summed E-state index contributed by atoms with van der Waals surface area (Å²) >= 11 is 1.55. The fourth-order valence-corrected chi connectivity index (χ4v) is 5.30. The van der Waals surface area contributed by atoms with E-state index in [0.29, 0.717) is 18.7 Å². The monoisotopic (exact) mass is 402 g/mol. The van der Waals surface area contributed by atoms with Gasteiger partial charge in [0.15, 0.2) is 6.61 Å². The summed E-state index contributed by atoms with van der Waals surface area (Å²) in [7, 11) is 0. The highest BCUT2D eigenvalue weighted by molar-refractivity contribution is 7.15. The molecule has 2 fully saturated rings. The maximum atomic E-state index is 12.8. The van der Waals surface area contributed by atoms with Crippen LogP contribution in [-0.2, 0) is 14.3 Å². The minimum absolute atomic E-state index is 0.120. The molecule has 7 heteroatoms. The quantitative estimate of drug-likeness (QED) is 0.735. The fraction of sp³-hybridized carbons (Fsp3) is 0.524. The van der Waals surface area contributed by atoms with Gasteiger partial charge in [0, 0.05) is 23.8 Å². The van der Waals surface area contributed by atoms with Crippen LogP contribution >= 0.6 is 11.3 Å². The number of carbonyl (C=O) groups excluding carboxylic acids is 2. The zero-order valence-electron chi connectivity index (χ0n) is 16.3. The summed E-state index contributed by atoms with van der Waals surface area (Å²) in [6.07, 6.45) is 8.17. The van der Waals surface area contributed by atoms with Crippen LogP contribution in [0.25, 0.3) is 5.00 Å². The third-order valence-electron chi connectivity index (χ3n) is 5.79. The highest BCUT2D eigenvalue weighted by Crippen LogP contribution is 2.32. The summed E-state index contributed by atoms with van der Waals surface area (Å²) in [5.41, 5.74) is 1.45. The van der Waals surface area contributed by atoms with E-state index >= 15 is 0 Å². The maximum absolute atomic E-state index is 12.8. The van der Waals surface area contributed by atoms with Crippen LogP contribution in [0.15, 0.2) is 24.5 Å². The van der Waals surface area contributed by atoms with Gasteiger partial charge in [-0.15, -0.1) is 11.3 Å². The summed E-state index contributed by atoms with van der Waals surface area (Å²) in [5, 5.41) is 0.830. The molecule has 1 saturated carbocycles. The van der Waals surface area contributed by atoms with Crippen LogP contribution in [0.5, 0.6) is 0 Å². The van der Waals surface area contributed by atoms with E-state index < -0.39 is 5.97 Å². The Balaban J connectivity index is 1.45. The van der Waals surface area contributed by atoms with E-state index in [0.717, 1.165) is 41.1 Å². The van der Waals surface area contributed by atoms with Crippen molar-refractivity contribution in [3.8, 4) is 5.00 Å². The normalized spacial score (nSPS) is 22.0. The summed E-state index contributed by atoms with van der Waals surface area (Å²) < 4.78 is 13.2. The van der Waals surface area contributed by atoms with Gasteiger partial charge in [0.25, 0.3) is 5.91 Å². The molecule has 2 aromatic heterocycles. The molecule has 0 spiro atoms. The second-order valence-corrected chi connectivity index (χ2v) is 8.68. The van der Waals surface area contributed by atoms with Gasteiger partial charge in [0.05, 0.1) is 24.3 Å². The van der Waals surface area contributed by atoms with Crippen molar-refractivity contribution in [1.29, 1.82) is 0 Å². The number of rotatable bonds is 4. The number of esters is 1. The smallest absolute Gasteiger partial charge is 0.341 e. The van der Waals surface area contributed by atoms with Crippen LogP contribution in [0.3, 0.4) is 0 Å². The number of morpholine rings is 1. The molecule has 1 amide bonds. The summed E-state index contributed by atoms with van der Waals surface area (Å²) in [5.74, 6) is -0.562. The molecule has 0 bridgehead atoms. The van der Waals surface area contributed by atoms with Crippen LogP contribution in [0, 0.1) is 13.8 Å². The molecule has 0 aromatic carbocycles. The van der Waals surface area contributed by atoms with E-state index in [-0.39, 0.29) is 24.7 Å². The Labute approximate surface area is 169 Å². The topological polar surface area (TPSA) is 60.8 Å². The lowest BCUT2D eigenvalue weighted by Crippen LogP contribution is -2.55. The number of thiophene rings is 1. The van der Waals surface area contributed by atoms with Crippen molar-refractivity contribution in [2.24, 2.45) is 0 Å². The van der Waals surface area contributed by atoms with Crippen LogP contribution in [-0.4, -0.2) is 53.2 Å². The van der Waals surface area contributed by atoms with E-state index in [1.165, 1.54) is 0 Å². The van der Waals surface area contributed by atoms with Gasteiger partial charge in [-0.3, -0.25) is 4.79 Å². The molecule has 0 unspecified atom stereocenters. The second-order valence-electron chi connectivity index (χ2n) is 7.48. The van der Waals surface area contributed by atoms with Crippen molar-refractivity contribution in [3.63, 3.8) is 0 Å². The number of aryl methyl sites for hydroxylation is 1. The molecule has 6 nitrogen and oxygen atoms in total. The van der Waals surface area contributed by atoms with Gasteiger partial charge in [-0.1, -0.05) is 12.8 Å². The molecule has 2 atom stereocenters. The van der Waals surface area contributed by atoms with E-state index in [4.69, 9.17) is 9.47 Å². The van der Waals surface area contributed by atoms with E-state index in [9.17, 15) is 9.59 Å². The first-order chi connectivity index (χ1) is 13.6. The van der Waals surface area contributed by atoms with Gasteiger partial charge in [0.2, 0.25) is 0 Å². The van der Waals surface area contributed by atoms with Gasteiger partial charge < -0.3 is 18.9 Å². The Morgan fingerprint density at radius 2 is 1.96 bits per heavy atom. The molecule has 1 aliphatic heterocycles. The number of hydrogen-bond acceptors (Lipinski definition) is 5. The molecular formula is C21H26N2O4S. The third-order valence-corrected chi connectivity index (χ3v) is 7.01. The number of amides is 1. The lowest BCUT2D eigenvalue weighted by Gasteiger charge is -2.43. The van der Waals surface area contributed by atoms with Crippen molar-refractivity contribution in [1.82, 2.24) is 9.47 Å². The second kappa shape index (κ2) is 8.09. The first kappa shape index (κ1) is 19.2. The molecule has 28 heavy (non-hydrogen) atoms. The largest absolute Gasteiger partial charge is 0.452 e. The van der Waals surface area contributed by atoms with Crippen LogP contribution in [0.2, 0.25) is 0 Å².